The second-order valence-corrected chi connectivity index (χ2v) is 6.83. The summed E-state index contributed by atoms with van der Waals surface area (Å²) < 4.78 is 5.72. The third kappa shape index (κ3) is 3.56. The van der Waals surface area contributed by atoms with E-state index in [1.54, 1.807) is 12.5 Å². The van der Waals surface area contributed by atoms with Crippen LogP contribution in [0.15, 0.2) is 18.6 Å². The van der Waals surface area contributed by atoms with E-state index < -0.39 is 0 Å². The Morgan fingerprint density at radius 3 is 3.16 bits per heavy atom. The van der Waals surface area contributed by atoms with Crippen LogP contribution in [0.1, 0.15) is 40.3 Å². The maximum Gasteiger partial charge on any atom is 0.274 e. The molecule has 0 radical (unpaired) electrons. The number of hydrogen-bond donors (Lipinski definition) is 1. The normalized spacial score (nSPS) is 20.8. The number of amides is 1. The van der Waals surface area contributed by atoms with Crippen molar-refractivity contribution < 1.29 is 9.53 Å². The van der Waals surface area contributed by atoms with Gasteiger partial charge in [0, 0.05) is 42.2 Å². The second kappa shape index (κ2) is 7.31. The van der Waals surface area contributed by atoms with Crippen molar-refractivity contribution in [1.82, 2.24) is 25.1 Å². The molecule has 7 heteroatoms. The van der Waals surface area contributed by atoms with E-state index in [0.717, 1.165) is 42.6 Å². The van der Waals surface area contributed by atoms with E-state index in [1.165, 1.54) is 6.42 Å². The Hall–Kier alpha value is -2.28. The standard InChI is InChI=1S/C18H23N5O2/c24-18(17-15-3-1-2-4-16(15)21-22-17)23-7-8-25-11-13(10-23)9-14-5-6-19-12-20-14/h5-6,12-13H,1-4,7-11H2,(H,21,22). The minimum Gasteiger partial charge on any atom is -0.379 e. The van der Waals surface area contributed by atoms with Gasteiger partial charge < -0.3 is 9.64 Å². The molecule has 1 unspecified atom stereocenters. The smallest absolute Gasteiger partial charge is 0.274 e. The first-order valence-electron chi connectivity index (χ1n) is 8.99. The molecule has 2 aromatic rings. The number of aromatic amines is 1. The SMILES string of the molecule is O=C(c1n[nH]c2c1CCCC2)N1CCOCC(Cc2ccncn2)C1. The summed E-state index contributed by atoms with van der Waals surface area (Å²) in [7, 11) is 0. The van der Waals surface area contributed by atoms with Gasteiger partial charge in [-0.2, -0.15) is 5.10 Å². The van der Waals surface area contributed by atoms with Gasteiger partial charge in [-0.15, -0.1) is 0 Å². The molecule has 132 valence electrons. The summed E-state index contributed by atoms with van der Waals surface area (Å²) in [6.45, 7) is 2.50. The Morgan fingerprint density at radius 2 is 2.28 bits per heavy atom. The lowest BCUT2D eigenvalue weighted by Gasteiger charge is -2.23. The zero-order valence-corrected chi connectivity index (χ0v) is 14.3. The lowest BCUT2D eigenvalue weighted by Crippen LogP contribution is -2.37. The number of nitrogens with zero attached hydrogens (tertiary/aromatic N) is 4. The van der Waals surface area contributed by atoms with Crippen molar-refractivity contribution in [2.24, 2.45) is 5.92 Å². The van der Waals surface area contributed by atoms with E-state index in [-0.39, 0.29) is 11.8 Å². The monoisotopic (exact) mass is 341 g/mol. The van der Waals surface area contributed by atoms with Crippen molar-refractivity contribution in [2.75, 3.05) is 26.3 Å². The third-order valence-corrected chi connectivity index (χ3v) is 5.02. The second-order valence-electron chi connectivity index (χ2n) is 6.83. The molecule has 1 atom stereocenters. The van der Waals surface area contributed by atoms with Crippen LogP contribution >= 0.6 is 0 Å². The maximum atomic E-state index is 13.0. The molecule has 1 saturated heterocycles. The largest absolute Gasteiger partial charge is 0.379 e. The van der Waals surface area contributed by atoms with E-state index in [2.05, 4.69) is 20.2 Å². The van der Waals surface area contributed by atoms with E-state index in [4.69, 9.17) is 4.74 Å². The Morgan fingerprint density at radius 1 is 1.36 bits per heavy atom. The minimum atomic E-state index is 0.0255. The fourth-order valence-corrected chi connectivity index (χ4v) is 3.73. The number of ether oxygens (including phenoxy) is 1. The summed E-state index contributed by atoms with van der Waals surface area (Å²) in [6, 6.07) is 1.92. The highest BCUT2D eigenvalue weighted by molar-refractivity contribution is 5.94. The molecule has 25 heavy (non-hydrogen) atoms. The van der Waals surface area contributed by atoms with Crippen molar-refractivity contribution in [3.63, 3.8) is 0 Å². The van der Waals surface area contributed by atoms with Crippen LogP contribution in [0.5, 0.6) is 0 Å². The first-order valence-corrected chi connectivity index (χ1v) is 8.99. The maximum absolute atomic E-state index is 13.0. The summed E-state index contributed by atoms with van der Waals surface area (Å²) in [4.78, 5) is 23.2. The van der Waals surface area contributed by atoms with E-state index in [1.807, 2.05) is 11.0 Å². The molecule has 4 rings (SSSR count). The average Bonchev–Trinajstić information content (AvgIpc) is 2.94. The topological polar surface area (TPSA) is 84.0 Å². The third-order valence-electron chi connectivity index (χ3n) is 5.02. The number of aryl methyl sites for hydroxylation is 1. The molecule has 3 heterocycles. The van der Waals surface area contributed by atoms with Crippen molar-refractivity contribution in [1.29, 1.82) is 0 Å². The molecular weight excluding hydrogens is 318 g/mol. The van der Waals surface area contributed by atoms with Crippen molar-refractivity contribution in [3.8, 4) is 0 Å². The minimum absolute atomic E-state index is 0.0255. The van der Waals surface area contributed by atoms with Crippen LogP contribution in [0, 0.1) is 5.92 Å². The van der Waals surface area contributed by atoms with Gasteiger partial charge in [0.1, 0.15) is 6.33 Å². The number of hydrogen-bond acceptors (Lipinski definition) is 5. The van der Waals surface area contributed by atoms with Gasteiger partial charge in [-0.3, -0.25) is 9.89 Å². The summed E-state index contributed by atoms with van der Waals surface area (Å²) in [5, 5.41) is 7.40. The summed E-state index contributed by atoms with van der Waals surface area (Å²) in [5.41, 5.74) is 3.85. The zero-order valence-electron chi connectivity index (χ0n) is 14.3. The number of carbonyl (C=O) groups excluding carboxylic acids is 1. The Bertz CT molecular complexity index is 730. The zero-order chi connectivity index (χ0) is 17.1. The van der Waals surface area contributed by atoms with E-state index >= 15 is 0 Å². The van der Waals surface area contributed by atoms with Crippen LogP contribution in [0.25, 0.3) is 0 Å². The highest BCUT2D eigenvalue weighted by atomic mass is 16.5. The molecule has 1 aliphatic heterocycles. The molecule has 0 saturated carbocycles. The van der Waals surface area contributed by atoms with Crippen LogP contribution in [0.3, 0.4) is 0 Å². The van der Waals surface area contributed by atoms with E-state index in [9.17, 15) is 4.79 Å². The van der Waals surface area contributed by atoms with Crippen LogP contribution in [-0.2, 0) is 24.0 Å². The van der Waals surface area contributed by atoms with Gasteiger partial charge in [0.25, 0.3) is 5.91 Å². The van der Waals surface area contributed by atoms with Gasteiger partial charge in [0.05, 0.1) is 13.2 Å². The van der Waals surface area contributed by atoms with Crippen LogP contribution in [-0.4, -0.2) is 57.3 Å². The summed E-state index contributed by atoms with van der Waals surface area (Å²) in [5.74, 6) is 0.258. The molecule has 1 amide bonds. The molecule has 1 N–H and O–H groups in total. The Labute approximate surface area is 146 Å². The summed E-state index contributed by atoms with van der Waals surface area (Å²) >= 11 is 0. The fraction of sp³-hybridized carbons (Fsp3) is 0.556. The van der Waals surface area contributed by atoms with Crippen molar-refractivity contribution >= 4 is 5.91 Å². The Balaban J connectivity index is 1.49. The quantitative estimate of drug-likeness (QED) is 0.912. The lowest BCUT2D eigenvalue weighted by atomic mass is 9.95. The van der Waals surface area contributed by atoms with Crippen molar-refractivity contribution in [2.45, 2.75) is 32.1 Å². The first kappa shape index (κ1) is 16.2. The van der Waals surface area contributed by atoms with Crippen LogP contribution in [0.2, 0.25) is 0 Å². The van der Waals surface area contributed by atoms with Crippen LogP contribution < -0.4 is 0 Å². The molecule has 2 aromatic heterocycles. The Kier molecular flexibility index (Phi) is 4.74. The number of carbonyl (C=O) groups is 1. The van der Waals surface area contributed by atoms with Gasteiger partial charge in [0.15, 0.2) is 5.69 Å². The summed E-state index contributed by atoms with van der Waals surface area (Å²) in [6.07, 6.45) is 8.33. The van der Waals surface area contributed by atoms with Crippen molar-refractivity contribution in [3.05, 3.63) is 41.2 Å². The van der Waals surface area contributed by atoms with Crippen LogP contribution in [0.4, 0.5) is 0 Å². The molecule has 0 bridgehead atoms. The number of nitrogens with one attached hydrogen (secondary N) is 1. The average molecular weight is 341 g/mol. The molecule has 0 spiro atoms. The number of fused-ring (bicyclic) bond motifs is 1. The predicted molar refractivity (Wildman–Crippen MR) is 91.2 cm³/mol. The highest BCUT2D eigenvalue weighted by Crippen LogP contribution is 2.24. The molecule has 1 fully saturated rings. The molecular formula is C18H23N5O2. The van der Waals surface area contributed by atoms with Gasteiger partial charge in [-0.1, -0.05) is 0 Å². The predicted octanol–water partition coefficient (Wildman–Crippen LogP) is 1.41. The van der Waals surface area contributed by atoms with Gasteiger partial charge in [-0.25, -0.2) is 9.97 Å². The van der Waals surface area contributed by atoms with E-state index in [0.29, 0.717) is 32.0 Å². The number of H-pyrrole nitrogens is 1. The first-order chi connectivity index (χ1) is 12.3. The molecule has 0 aromatic carbocycles. The highest BCUT2D eigenvalue weighted by Gasteiger charge is 2.28. The molecule has 7 nitrogen and oxygen atoms in total. The lowest BCUT2D eigenvalue weighted by molar-refractivity contribution is 0.0730. The number of aromatic nitrogens is 4. The van der Waals surface area contributed by atoms with Gasteiger partial charge in [-0.05, 0) is 38.2 Å². The van der Waals surface area contributed by atoms with Gasteiger partial charge in [0.2, 0.25) is 0 Å². The fourth-order valence-electron chi connectivity index (χ4n) is 3.73. The molecule has 2 aliphatic rings. The number of rotatable bonds is 3. The van der Waals surface area contributed by atoms with Gasteiger partial charge >= 0.3 is 0 Å². The molecule has 1 aliphatic carbocycles.